The van der Waals surface area contributed by atoms with Gasteiger partial charge < -0.3 is 15.2 Å². The van der Waals surface area contributed by atoms with E-state index in [0.717, 1.165) is 75.1 Å². The van der Waals surface area contributed by atoms with Crippen molar-refractivity contribution in [2.45, 2.75) is 30.2 Å². The molecule has 5 rings (SSSR count). The van der Waals surface area contributed by atoms with Gasteiger partial charge in [-0.1, -0.05) is 30.3 Å². The van der Waals surface area contributed by atoms with Gasteiger partial charge >= 0.3 is 19.9 Å². The molecule has 0 saturated carbocycles. The highest BCUT2D eigenvalue weighted by Gasteiger charge is 2.49. The van der Waals surface area contributed by atoms with Crippen molar-refractivity contribution in [3.63, 3.8) is 0 Å². The molecule has 256 valence electrons. The van der Waals surface area contributed by atoms with Crippen molar-refractivity contribution in [3.05, 3.63) is 95.3 Å². The van der Waals surface area contributed by atoms with Crippen LogP contribution < -0.4 is 10.4 Å². The number of ether oxygens (including phenoxy) is 1. The number of carbonyl (C=O) groups excluding carboxylic acids is 2. The first-order chi connectivity index (χ1) is 22.4. The van der Waals surface area contributed by atoms with Crippen LogP contribution in [0.3, 0.4) is 0 Å². The molecule has 0 spiro atoms. The van der Waals surface area contributed by atoms with Crippen molar-refractivity contribution in [1.29, 1.82) is 5.26 Å². The summed E-state index contributed by atoms with van der Waals surface area (Å²) in [5.41, 5.74) is -3.95. The van der Waals surface area contributed by atoms with Gasteiger partial charge in [0.05, 0.1) is 27.8 Å². The van der Waals surface area contributed by atoms with Crippen LogP contribution >= 0.6 is 7.59 Å². The van der Waals surface area contributed by atoms with E-state index >= 15 is 0 Å². The molecule has 3 aromatic carbocycles. The molecule has 1 atom stereocenters. The van der Waals surface area contributed by atoms with Gasteiger partial charge in [-0.25, -0.2) is 32.0 Å². The zero-order valence-electron chi connectivity index (χ0n) is 25.3. The van der Waals surface area contributed by atoms with Crippen molar-refractivity contribution in [2.24, 2.45) is 0 Å². The van der Waals surface area contributed by atoms with Gasteiger partial charge in [0.1, 0.15) is 12.4 Å². The fourth-order valence-electron chi connectivity index (χ4n) is 4.21. The highest BCUT2D eigenvalue weighted by Crippen LogP contribution is 2.56. The fourth-order valence-corrected chi connectivity index (χ4v) is 8.00. The number of rotatable bonds is 10. The van der Waals surface area contributed by atoms with Gasteiger partial charge in [0.25, 0.3) is 5.91 Å². The highest BCUT2D eigenvalue weighted by molar-refractivity contribution is 7.91. The summed E-state index contributed by atoms with van der Waals surface area (Å²) in [6, 6.07) is 16.8. The van der Waals surface area contributed by atoms with Crippen LogP contribution in [-0.2, 0) is 36.7 Å². The monoisotopic (exact) mass is 711 g/mol. The zero-order chi connectivity index (χ0) is 35.3. The molecule has 0 aromatic heterocycles. The average molecular weight is 712 g/mol. The normalized spacial score (nSPS) is 15.9. The van der Waals surface area contributed by atoms with Crippen LogP contribution in [0, 0.1) is 17.1 Å². The number of halogens is 4. The number of sulfone groups is 1. The second-order valence-corrected chi connectivity index (χ2v) is 15.4. The molecule has 2 fully saturated rings. The summed E-state index contributed by atoms with van der Waals surface area (Å²) in [4.78, 5) is 23.7. The minimum atomic E-state index is -4.86. The summed E-state index contributed by atoms with van der Waals surface area (Å²) >= 11 is 0. The third-order valence-corrected chi connectivity index (χ3v) is 11.6. The van der Waals surface area contributed by atoms with Crippen molar-refractivity contribution in [3.8, 4) is 6.07 Å². The number of nitrogens with zero attached hydrogens (tertiary/aromatic N) is 3. The van der Waals surface area contributed by atoms with E-state index in [-0.39, 0.29) is 17.2 Å². The summed E-state index contributed by atoms with van der Waals surface area (Å²) in [5.74, 6) is -3.06. The maximum atomic E-state index is 13.0. The molecule has 2 amide bonds. The van der Waals surface area contributed by atoms with E-state index in [1.807, 2.05) is 35.6 Å². The van der Waals surface area contributed by atoms with E-state index in [4.69, 9.17) is 10.00 Å². The molecule has 3 aromatic rings. The molecule has 2 saturated heterocycles. The first-order valence-electron chi connectivity index (χ1n) is 14.2. The minimum Gasteiger partial charge on any atom is -0.444 e. The number of hydrogen-bond acceptors (Lipinski definition) is 8. The molecule has 0 bridgehead atoms. The molecule has 2 aliphatic heterocycles. The Hall–Kier alpha value is -4.33. The molecule has 18 heteroatoms. The van der Waals surface area contributed by atoms with Gasteiger partial charge in [-0.2, -0.15) is 18.4 Å². The Labute approximate surface area is 273 Å². The molecule has 0 unspecified atom stereocenters. The van der Waals surface area contributed by atoms with Crippen molar-refractivity contribution >= 4 is 35.1 Å². The number of anilines is 1. The third kappa shape index (κ3) is 9.61. The van der Waals surface area contributed by atoms with E-state index in [9.17, 15) is 45.2 Å². The summed E-state index contributed by atoms with van der Waals surface area (Å²) in [6.07, 6.45) is -5.48. The summed E-state index contributed by atoms with van der Waals surface area (Å²) < 4.78 is 97.9. The second kappa shape index (κ2) is 14.4. The third-order valence-electron chi connectivity index (χ3n) is 6.90. The summed E-state index contributed by atoms with van der Waals surface area (Å²) in [5, 5.41) is 23.6. The van der Waals surface area contributed by atoms with Crippen LogP contribution in [0.1, 0.15) is 23.6 Å². The number of hydrogen-bond donors (Lipinski definition) is 3. The number of carbonyl (C=O) groups is 2. The zero-order valence-corrected chi connectivity index (χ0v) is 27.0. The lowest BCUT2D eigenvalue weighted by Gasteiger charge is -2.22. The molecular weight excluding hydrogens is 681 g/mol. The molecule has 3 N–H and O–H groups in total. The van der Waals surface area contributed by atoms with Crippen LogP contribution in [0.25, 0.3) is 0 Å². The topological polar surface area (TPSA) is 169 Å². The number of alkyl halides is 3. The standard InChI is InChI=1S/C18H14F4N2O4S.C12H16N3O3P/c1-17(26,10-29(27,28)14-6-3-12(19)4-7-14)16(25)24-13-5-2-11(9-23)15(8-13)18(20,21)22;16-12(18-10-11-4-2-1-3-5-11)13-19(17,14-6-7-14)15-8-9-15/h2-8,26H,10H2,1H3,(H,24,25);1-5H,6-10H2,(H,13,16,17)/t17-;/m0./s1. The van der Waals surface area contributed by atoms with Gasteiger partial charge in [0.15, 0.2) is 15.4 Å². The number of nitriles is 1. The lowest BCUT2D eigenvalue weighted by Crippen LogP contribution is -2.45. The van der Waals surface area contributed by atoms with Gasteiger partial charge in [0.2, 0.25) is 0 Å². The Kier molecular flexibility index (Phi) is 11.0. The van der Waals surface area contributed by atoms with Crippen molar-refractivity contribution < 1.29 is 50.0 Å². The quantitative estimate of drug-likeness (QED) is 0.118. The predicted octanol–water partition coefficient (Wildman–Crippen LogP) is 4.53. The van der Waals surface area contributed by atoms with Crippen LogP contribution in [0.2, 0.25) is 0 Å². The number of amides is 2. The van der Waals surface area contributed by atoms with E-state index < -0.39 is 63.9 Å². The largest absolute Gasteiger partial charge is 0.444 e. The predicted molar refractivity (Wildman–Crippen MR) is 164 cm³/mol. The lowest BCUT2D eigenvalue weighted by atomic mass is 10.1. The number of nitrogens with one attached hydrogen (secondary N) is 2. The Balaban J connectivity index is 0.000000235. The number of aliphatic hydroxyl groups is 1. The first kappa shape index (κ1) is 36.5. The Morgan fingerprint density at radius 1 is 1.00 bits per heavy atom. The smallest absolute Gasteiger partial charge is 0.417 e. The van der Waals surface area contributed by atoms with Crippen LogP contribution in [-0.4, -0.2) is 72.4 Å². The lowest BCUT2D eigenvalue weighted by molar-refractivity contribution is -0.137. The van der Waals surface area contributed by atoms with E-state index in [2.05, 4.69) is 5.09 Å². The second-order valence-electron chi connectivity index (χ2n) is 10.9. The van der Waals surface area contributed by atoms with Gasteiger partial charge in [0, 0.05) is 31.9 Å². The summed E-state index contributed by atoms with van der Waals surface area (Å²) in [6.45, 7) is 4.14. The van der Waals surface area contributed by atoms with E-state index in [1.54, 1.807) is 9.34 Å². The average Bonchev–Trinajstić information content (AvgIpc) is 3.93. The van der Waals surface area contributed by atoms with Crippen LogP contribution in [0.5, 0.6) is 0 Å². The molecule has 2 aliphatic rings. The van der Waals surface area contributed by atoms with Crippen LogP contribution in [0.4, 0.5) is 28.0 Å². The molecule has 12 nitrogen and oxygen atoms in total. The Morgan fingerprint density at radius 3 is 2.10 bits per heavy atom. The molecular formula is C30H30F4N5O7PS. The molecule has 0 radical (unpaired) electrons. The highest BCUT2D eigenvalue weighted by atomic mass is 32.2. The maximum absolute atomic E-state index is 13.0. The summed E-state index contributed by atoms with van der Waals surface area (Å²) in [7, 11) is -7.09. The first-order valence-corrected chi connectivity index (χ1v) is 17.4. The van der Waals surface area contributed by atoms with Gasteiger partial charge in [-0.05, 0) is 55.0 Å². The maximum Gasteiger partial charge on any atom is 0.417 e. The molecule has 0 aliphatic carbocycles. The van der Waals surface area contributed by atoms with Crippen molar-refractivity contribution in [1.82, 2.24) is 14.4 Å². The Morgan fingerprint density at radius 2 is 1.58 bits per heavy atom. The molecule has 2 heterocycles. The minimum absolute atomic E-state index is 0.187. The molecule has 48 heavy (non-hydrogen) atoms. The van der Waals surface area contributed by atoms with E-state index in [1.165, 1.54) is 6.07 Å². The Bertz CT molecular complexity index is 1830. The van der Waals surface area contributed by atoms with Gasteiger partial charge in [-0.3, -0.25) is 9.36 Å². The number of benzene rings is 3. The van der Waals surface area contributed by atoms with Gasteiger partial charge in [-0.15, -0.1) is 0 Å². The van der Waals surface area contributed by atoms with Crippen LogP contribution in [0.15, 0.2) is 77.7 Å². The van der Waals surface area contributed by atoms with Crippen molar-refractivity contribution in [2.75, 3.05) is 37.2 Å². The van der Waals surface area contributed by atoms with E-state index in [0.29, 0.717) is 6.07 Å². The fraction of sp³-hybridized carbons (Fsp3) is 0.300. The SMILES string of the molecule is C[C@](O)(CS(=O)(=O)c1ccc(F)cc1)C(=O)Nc1ccc(C#N)c(C(F)(F)F)c1.O=C(NP(=O)(N1CC1)N1CC1)OCc1ccccc1.